The Bertz CT molecular complexity index is 680. The Hall–Kier alpha value is -1.81. The molecule has 0 aromatic heterocycles. The Morgan fingerprint density at radius 1 is 1.10 bits per heavy atom. The molecular weight excluding hydrogens is 318 g/mol. The van der Waals surface area contributed by atoms with Crippen LogP contribution in [0.15, 0.2) is 34.8 Å². The van der Waals surface area contributed by atoms with Gasteiger partial charge in [-0.1, -0.05) is 15.9 Å². The number of ether oxygens (including phenoxy) is 1. The number of benzene rings is 2. The predicted molar refractivity (Wildman–Crippen MR) is 84.5 cm³/mol. The van der Waals surface area contributed by atoms with Crippen LogP contribution in [-0.4, -0.2) is 12.9 Å². The first-order valence-electron chi connectivity index (χ1n) is 6.19. The molecule has 2 rings (SSSR count). The van der Waals surface area contributed by atoms with E-state index in [-0.39, 0.29) is 5.78 Å². The van der Waals surface area contributed by atoms with Gasteiger partial charge in [0.1, 0.15) is 5.75 Å². The van der Waals surface area contributed by atoms with E-state index in [9.17, 15) is 4.79 Å². The van der Waals surface area contributed by atoms with Crippen LogP contribution in [0.2, 0.25) is 0 Å². The van der Waals surface area contributed by atoms with Gasteiger partial charge >= 0.3 is 0 Å². The molecule has 0 spiro atoms. The molecule has 2 aromatic carbocycles. The lowest BCUT2D eigenvalue weighted by atomic mass is 9.96. The summed E-state index contributed by atoms with van der Waals surface area (Å²) in [6.45, 7) is 3.82. The average Bonchev–Trinajstić information content (AvgIpc) is 2.42. The second kappa shape index (κ2) is 5.67. The molecule has 0 unspecified atom stereocenters. The maximum Gasteiger partial charge on any atom is 0.194 e. The van der Waals surface area contributed by atoms with Gasteiger partial charge in [0, 0.05) is 21.3 Å². The van der Waals surface area contributed by atoms with Crippen molar-refractivity contribution in [2.24, 2.45) is 0 Å². The molecule has 0 bridgehead atoms. The van der Waals surface area contributed by atoms with Crippen molar-refractivity contribution in [3.8, 4) is 5.75 Å². The minimum atomic E-state index is -0.0487. The van der Waals surface area contributed by atoms with Gasteiger partial charge in [0.05, 0.1) is 7.11 Å². The monoisotopic (exact) mass is 333 g/mol. The Kier molecular flexibility index (Phi) is 4.14. The standard InChI is InChI=1S/C16H16BrNO2/c1-9-7-15(20-3)10(2)6-12(9)16(19)13-8-11(18)4-5-14(13)17/h4-8H,18H2,1-3H3. The molecule has 0 aliphatic carbocycles. The van der Waals surface area contributed by atoms with Crippen LogP contribution in [0.4, 0.5) is 5.69 Å². The van der Waals surface area contributed by atoms with Crippen molar-refractivity contribution in [1.29, 1.82) is 0 Å². The minimum Gasteiger partial charge on any atom is -0.496 e. The first-order valence-corrected chi connectivity index (χ1v) is 6.98. The lowest BCUT2D eigenvalue weighted by Crippen LogP contribution is -2.06. The van der Waals surface area contributed by atoms with Gasteiger partial charge in [-0.05, 0) is 55.3 Å². The summed E-state index contributed by atoms with van der Waals surface area (Å²) >= 11 is 3.40. The fraction of sp³-hybridized carbons (Fsp3) is 0.188. The number of anilines is 1. The number of ketones is 1. The maximum atomic E-state index is 12.7. The second-order valence-electron chi connectivity index (χ2n) is 4.71. The fourth-order valence-corrected chi connectivity index (χ4v) is 2.54. The third-order valence-electron chi connectivity index (χ3n) is 3.22. The number of carbonyl (C=O) groups is 1. The summed E-state index contributed by atoms with van der Waals surface area (Å²) in [7, 11) is 1.62. The Morgan fingerprint density at radius 3 is 2.45 bits per heavy atom. The molecule has 0 aliphatic rings. The van der Waals surface area contributed by atoms with Crippen molar-refractivity contribution >= 4 is 27.4 Å². The molecule has 104 valence electrons. The Labute approximate surface area is 126 Å². The number of methoxy groups -OCH3 is 1. The normalized spacial score (nSPS) is 10.4. The highest BCUT2D eigenvalue weighted by Crippen LogP contribution is 2.27. The van der Waals surface area contributed by atoms with Crippen LogP contribution in [-0.2, 0) is 0 Å². The maximum absolute atomic E-state index is 12.7. The van der Waals surface area contributed by atoms with Crippen LogP contribution in [0.3, 0.4) is 0 Å². The van der Waals surface area contributed by atoms with Gasteiger partial charge < -0.3 is 10.5 Å². The smallest absolute Gasteiger partial charge is 0.194 e. The van der Waals surface area contributed by atoms with Crippen molar-refractivity contribution in [1.82, 2.24) is 0 Å². The van der Waals surface area contributed by atoms with Gasteiger partial charge in [-0.25, -0.2) is 0 Å². The van der Waals surface area contributed by atoms with Crippen molar-refractivity contribution in [3.63, 3.8) is 0 Å². The van der Waals surface area contributed by atoms with Crippen LogP contribution >= 0.6 is 15.9 Å². The molecule has 20 heavy (non-hydrogen) atoms. The summed E-state index contributed by atoms with van der Waals surface area (Å²) in [5.41, 5.74) is 9.37. The first-order chi connectivity index (χ1) is 9.43. The third-order valence-corrected chi connectivity index (χ3v) is 3.91. The number of nitrogens with two attached hydrogens (primary N) is 1. The summed E-state index contributed by atoms with van der Waals surface area (Å²) in [4.78, 5) is 12.7. The average molecular weight is 334 g/mol. The zero-order chi connectivity index (χ0) is 14.9. The number of halogens is 1. The largest absolute Gasteiger partial charge is 0.496 e. The second-order valence-corrected chi connectivity index (χ2v) is 5.56. The molecule has 0 radical (unpaired) electrons. The number of carbonyl (C=O) groups excluding carboxylic acids is 1. The van der Waals surface area contributed by atoms with E-state index in [0.29, 0.717) is 16.8 Å². The first kappa shape index (κ1) is 14.6. The predicted octanol–water partition coefficient (Wildman–Crippen LogP) is 3.89. The van der Waals surface area contributed by atoms with Crippen molar-refractivity contribution in [2.75, 3.05) is 12.8 Å². The van der Waals surface area contributed by atoms with E-state index in [2.05, 4.69) is 15.9 Å². The van der Waals surface area contributed by atoms with Crippen LogP contribution in [0.5, 0.6) is 5.75 Å². The van der Waals surface area contributed by atoms with Crippen molar-refractivity contribution in [2.45, 2.75) is 13.8 Å². The van der Waals surface area contributed by atoms with Crippen molar-refractivity contribution in [3.05, 3.63) is 57.1 Å². The molecule has 0 saturated heterocycles. The molecule has 0 amide bonds. The topological polar surface area (TPSA) is 52.3 Å². The van der Waals surface area contributed by atoms with Gasteiger partial charge in [-0.3, -0.25) is 4.79 Å². The molecule has 0 fully saturated rings. The van der Waals surface area contributed by atoms with Gasteiger partial charge in [0.2, 0.25) is 0 Å². The van der Waals surface area contributed by atoms with Crippen LogP contribution in [0, 0.1) is 13.8 Å². The molecule has 3 nitrogen and oxygen atoms in total. The van der Waals surface area contributed by atoms with Crippen LogP contribution < -0.4 is 10.5 Å². The van der Waals surface area contributed by atoms with Gasteiger partial charge in [0.25, 0.3) is 0 Å². The van der Waals surface area contributed by atoms with E-state index >= 15 is 0 Å². The summed E-state index contributed by atoms with van der Waals surface area (Å²) in [6.07, 6.45) is 0. The number of rotatable bonds is 3. The molecule has 4 heteroatoms. The molecular formula is C16H16BrNO2. The molecule has 0 saturated carbocycles. The van der Waals surface area contributed by atoms with Crippen molar-refractivity contribution < 1.29 is 9.53 Å². The van der Waals surface area contributed by atoms with E-state index in [1.807, 2.05) is 26.0 Å². The SMILES string of the molecule is COc1cc(C)c(C(=O)c2cc(N)ccc2Br)cc1C. The van der Waals surface area contributed by atoms with Gasteiger partial charge in [-0.15, -0.1) is 0 Å². The third kappa shape index (κ3) is 2.70. The van der Waals surface area contributed by atoms with E-state index in [4.69, 9.17) is 10.5 Å². The number of hydrogen-bond donors (Lipinski definition) is 1. The number of nitrogen functional groups attached to an aromatic ring is 1. The fourth-order valence-electron chi connectivity index (χ4n) is 2.12. The highest BCUT2D eigenvalue weighted by atomic mass is 79.9. The zero-order valence-corrected chi connectivity index (χ0v) is 13.2. The quantitative estimate of drug-likeness (QED) is 0.684. The Morgan fingerprint density at radius 2 is 1.80 bits per heavy atom. The summed E-state index contributed by atoms with van der Waals surface area (Å²) < 4.78 is 6.01. The van der Waals surface area contributed by atoms with Crippen LogP contribution in [0.25, 0.3) is 0 Å². The molecule has 0 aliphatic heterocycles. The highest BCUT2D eigenvalue weighted by Gasteiger charge is 2.16. The summed E-state index contributed by atoms with van der Waals surface area (Å²) in [6, 6.07) is 8.96. The van der Waals surface area contributed by atoms with E-state index in [1.165, 1.54) is 0 Å². The molecule has 2 aromatic rings. The van der Waals surface area contributed by atoms with Gasteiger partial charge in [-0.2, -0.15) is 0 Å². The minimum absolute atomic E-state index is 0.0487. The summed E-state index contributed by atoms with van der Waals surface area (Å²) in [5.74, 6) is 0.734. The highest BCUT2D eigenvalue weighted by molar-refractivity contribution is 9.10. The number of aryl methyl sites for hydroxylation is 2. The van der Waals surface area contributed by atoms with E-state index in [0.717, 1.165) is 21.3 Å². The summed E-state index contributed by atoms with van der Waals surface area (Å²) in [5, 5.41) is 0. The van der Waals surface area contributed by atoms with Crippen LogP contribution in [0.1, 0.15) is 27.0 Å². The lowest BCUT2D eigenvalue weighted by Gasteiger charge is -2.12. The Balaban J connectivity index is 2.54. The molecule has 0 heterocycles. The van der Waals surface area contributed by atoms with E-state index in [1.54, 1.807) is 25.3 Å². The van der Waals surface area contributed by atoms with E-state index < -0.39 is 0 Å². The van der Waals surface area contributed by atoms with Gasteiger partial charge in [0.15, 0.2) is 5.78 Å². The molecule has 2 N–H and O–H groups in total. The lowest BCUT2D eigenvalue weighted by molar-refractivity contribution is 0.103. The number of hydrogen-bond acceptors (Lipinski definition) is 3. The molecule has 0 atom stereocenters. The zero-order valence-electron chi connectivity index (χ0n) is 11.7.